The molecule has 0 saturated carbocycles. The summed E-state index contributed by atoms with van der Waals surface area (Å²) in [4.78, 5) is 15.9. The highest BCUT2D eigenvalue weighted by Gasteiger charge is 2.26. The molecule has 1 aliphatic heterocycles. The first-order valence-electron chi connectivity index (χ1n) is 8.13. The molecule has 134 valence electrons. The Bertz CT molecular complexity index is 817. The minimum Gasteiger partial charge on any atom is -0.326 e. The van der Waals surface area contributed by atoms with Crippen molar-refractivity contribution in [1.29, 1.82) is 0 Å². The van der Waals surface area contributed by atoms with Crippen molar-refractivity contribution >= 4 is 33.0 Å². The van der Waals surface area contributed by atoms with Gasteiger partial charge in [0.15, 0.2) is 0 Å². The molecule has 0 bridgehead atoms. The second-order valence-electron chi connectivity index (χ2n) is 6.08. The Morgan fingerprint density at radius 1 is 1.28 bits per heavy atom. The van der Waals surface area contributed by atoms with Gasteiger partial charge >= 0.3 is 0 Å². The van der Waals surface area contributed by atoms with Gasteiger partial charge < -0.3 is 5.32 Å². The molecule has 1 aromatic carbocycles. The summed E-state index contributed by atoms with van der Waals surface area (Å²) in [6.07, 6.45) is 2.69. The van der Waals surface area contributed by atoms with Gasteiger partial charge in [0.2, 0.25) is 15.9 Å². The number of carbonyl (C=O) groups excluding carboxylic acids is 1. The predicted molar refractivity (Wildman–Crippen MR) is 98.9 cm³/mol. The molecule has 1 atom stereocenters. The Kier molecular flexibility index (Phi) is 5.53. The Labute approximate surface area is 151 Å². The zero-order valence-corrected chi connectivity index (χ0v) is 15.4. The molecule has 8 heteroatoms. The third-order valence-electron chi connectivity index (χ3n) is 4.33. The fourth-order valence-corrected chi connectivity index (χ4v) is 4.50. The summed E-state index contributed by atoms with van der Waals surface area (Å²) in [5, 5.41) is 9.94. The van der Waals surface area contributed by atoms with E-state index < -0.39 is 10.0 Å². The highest BCUT2D eigenvalue weighted by Crippen LogP contribution is 2.34. The molecule has 1 amide bonds. The number of primary sulfonamides is 1. The van der Waals surface area contributed by atoms with Crippen LogP contribution in [-0.2, 0) is 14.8 Å². The van der Waals surface area contributed by atoms with E-state index in [4.69, 9.17) is 5.14 Å². The van der Waals surface area contributed by atoms with Crippen LogP contribution in [0.1, 0.15) is 30.2 Å². The van der Waals surface area contributed by atoms with Crippen LogP contribution in [0.4, 0.5) is 5.69 Å². The summed E-state index contributed by atoms with van der Waals surface area (Å²) in [6, 6.07) is 10.5. The summed E-state index contributed by atoms with van der Waals surface area (Å²) in [7, 11) is -3.72. The van der Waals surface area contributed by atoms with Gasteiger partial charge in [0, 0.05) is 29.6 Å². The van der Waals surface area contributed by atoms with E-state index in [0.717, 1.165) is 19.4 Å². The summed E-state index contributed by atoms with van der Waals surface area (Å²) in [5.41, 5.74) is 0.564. The summed E-state index contributed by atoms with van der Waals surface area (Å²) >= 11 is 1.76. The van der Waals surface area contributed by atoms with Crippen LogP contribution in [0, 0.1) is 0 Å². The molecular formula is C17H21N3O3S2. The number of hydrogen-bond acceptors (Lipinski definition) is 5. The van der Waals surface area contributed by atoms with Crippen molar-refractivity contribution in [2.75, 3.05) is 18.4 Å². The lowest BCUT2D eigenvalue weighted by Gasteiger charge is -2.23. The fraction of sp³-hybridized carbons (Fsp3) is 0.353. The van der Waals surface area contributed by atoms with Gasteiger partial charge in [-0.15, -0.1) is 11.3 Å². The van der Waals surface area contributed by atoms with E-state index in [0.29, 0.717) is 24.7 Å². The first-order chi connectivity index (χ1) is 11.9. The number of sulfonamides is 1. The van der Waals surface area contributed by atoms with Crippen molar-refractivity contribution < 1.29 is 13.2 Å². The molecule has 6 nitrogen and oxygen atoms in total. The second-order valence-corrected chi connectivity index (χ2v) is 8.62. The topological polar surface area (TPSA) is 92.5 Å². The van der Waals surface area contributed by atoms with Crippen molar-refractivity contribution in [3.63, 3.8) is 0 Å². The Morgan fingerprint density at radius 2 is 2.04 bits per heavy atom. The van der Waals surface area contributed by atoms with E-state index in [9.17, 15) is 13.2 Å². The highest BCUT2D eigenvalue weighted by atomic mass is 32.2. The number of thiophene rings is 1. The van der Waals surface area contributed by atoms with Crippen LogP contribution >= 0.6 is 11.3 Å². The maximum atomic E-state index is 12.2. The van der Waals surface area contributed by atoms with Gasteiger partial charge in [-0.3, -0.25) is 9.69 Å². The third kappa shape index (κ3) is 4.66. The van der Waals surface area contributed by atoms with E-state index in [-0.39, 0.29) is 10.8 Å². The van der Waals surface area contributed by atoms with Crippen LogP contribution in [-0.4, -0.2) is 32.3 Å². The van der Waals surface area contributed by atoms with Gasteiger partial charge in [0.25, 0.3) is 0 Å². The van der Waals surface area contributed by atoms with Crippen LogP contribution in [0.2, 0.25) is 0 Å². The number of rotatable bonds is 6. The molecule has 0 radical (unpaired) electrons. The molecule has 25 heavy (non-hydrogen) atoms. The van der Waals surface area contributed by atoms with Gasteiger partial charge in [0.05, 0.1) is 4.90 Å². The first kappa shape index (κ1) is 18.1. The molecule has 3 rings (SSSR count). The monoisotopic (exact) mass is 379 g/mol. The third-order valence-corrected chi connectivity index (χ3v) is 6.23. The van der Waals surface area contributed by atoms with E-state index in [2.05, 4.69) is 27.7 Å². The average Bonchev–Trinajstić information content (AvgIpc) is 3.23. The van der Waals surface area contributed by atoms with Gasteiger partial charge in [-0.05, 0) is 55.1 Å². The quantitative estimate of drug-likeness (QED) is 0.807. The maximum Gasteiger partial charge on any atom is 0.238 e. The Hall–Kier alpha value is -1.74. The maximum absolute atomic E-state index is 12.2. The number of hydrogen-bond donors (Lipinski definition) is 2. The van der Waals surface area contributed by atoms with Crippen molar-refractivity contribution in [1.82, 2.24) is 4.90 Å². The zero-order valence-electron chi connectivity index (χ0n) is 13.7. The number of nitrogens with one attached hydrogen (secondary N) is 1. The molecule has 1 aromatic heterocycles. The summed E-state index contributed by atoms with van der Waals surface area (Å²) in [6.45, 7) is 1.72. The molecule has 1 saturated heterocycles. The molecule has 3 N–H and O–H groups in total. The molecule has 2 aromatic rings. The summed E-state index contributed by atoms with van der Waals surface area (Å²) < 4.78 is 22.5. The first-order valence-corrected chi connectivity index (χ1v) is 10.6. The number of amides is 1. The zero-order chi connectivity index (χ0) is 17.9. The van der Waals surface area contributed by atoms with Crippen LogP contribution in [0.3, 0.4) is 0 Å². The highest BCUT2D eigenvalue weighted by molar-refractivity contribution is 7.89. The fourth-order valence-electron chi connectivity index (χ4n) is 3.09. The van der Waals surface area contributed by atoms with E-state index in [1.165, 1.54) is 17.0 Å². The number of benzene rings is 1. The normalized spacial score (nSPS) is 18.4. The number of carbonyl (C=O) groups is 1. The molecule has 0 spiro atoms. The van der Waals surface area contributed by atoms with Gasteiger partial charge in [-0.25, -0.2) is 13.6 Å². The minimum atomic E-state index is -3.72. The van der Waals surface area contributed by atoms with Crippen LogP contribution in [0.25, 0.3) is 0 Å². The SMILES string of the molecule is NS(=O)(=O)c1ccc(NC(=O)CCN2CCC[C@H]2c2cccs2)cc1. The van der Waals surface area contributed by atoms with Crippen molar-refractivity contribution in [3.8, 4) is 0 Å². The van der Waals surface area contributed by atoms with Crippen molar-refractivity contribution in [2.45, 2.75) is 30.2 Å². The predicted octanol–water partition coefficient (Wildman–Crippen LogP) is 2.56. The smallest absolute Gasteiger partial charge is 0.238 e. The minimum absolute atomic E-state index is 0.0290. The van der Waals surface area contributed by atoms with E-state index >= 15 is 0 Å². The molecule has 0 aliphatic carbocycles. The van der Waals surface area contributed by atoms with E-state index in [1.807, 2.05) is 0 Å². The Balaban J connectivity index is 1.53. The molecule has 2 heterocycles. The van der Waals surface area contributed by atoms with Crippen molar-refractivity contribution in [3.05, 3.63) is 46.7 Å². The molecule has 1 aliphatic rings. The largest absolute Gasteiger partial charge is 0.326 e. The van der Waals surface area contributed by atoms with Crippen LogP contribution in [0.5, 0.6) is 0 Å². The Morgan fingerprint density at radius 3 is 2.68 bits per heavy atom. The summed E-state index contributed by atoms with van der Waals surface area (Å²) in [5.74, 6) is -0.0832. The van der Waals surface area contributed by atoms with E-state index in [1.54, 1.807) is 23.5 Å². The number of likely N-dealkylation sites (tertiary alicyclic amines) is 1. The number of anilines is 1. The number of nitrogens with two attached hydrogens (primary N) is 1. The molecule has 1 fully saturated rings. The average molecular weight is 380 g/mol. The number of nitrogens with zero attached hydrogens (tertiary/aromatic N) is 1. The molecule has 0 unspecified atom stereocenters. The second kappa shape index (κ2) is 7.65. The lowest BCUT2D eigenvalue weighted by Crippen LogP contribution is -2.27. The standard InChI is InChI=1S/C17H21N3O3S2/c18-25(22,23)14-7-5-13(6-8-14)19-17(21)9-11-20-10-1-3-15(20)16-4-2-12-24-16/h2,4-8,12,15H,1,3,9-11H2,(H,19,21)(H2,18,22,23)/t15-/m0/s1. The van der Waals surface area contributed by atoms with Crippen LogP contribution < -0.4 is 10.5 Å². The lowest BCUT2D eigenvalue weighted by molar-refractivity contribution is -0.116. The van der Waals surface area contributed by atoms with Gasteiger partial charge in [-0.2, -0.15) is 0 Å². The van der Waals surface area contributed by atoms with Gasteiger partial charge in [-0.1, -0.05) is 6.07 Å². The van der Waals surface area contributed by atoms with Crippen molar-refractivity contribution in [2.24, 2.45) is 5.14 Å². The van der Waals surface area contributed by atoms with Gasteiger partial charge in [0.1, 0.15) is 0 Å². The lowest BCUT2D eigenvalue weighted by atomic mass is 10.2. The molecular weight excluding hydrogens is 358 g/mol. The van der Waals surface area contributed by atoms with Crippen LogP contribution in [0.15, 0.2) is 46.7 Å².